The minimum Gasteiger partial charge on any atom is -0.497 e. The quantitative estimate of drug-likeness (QED) is 0.714. The fourth-order valence-corrected chi connectivity index (χ4v) is 3.49. The van der Waals surface area contributed by atoms with Crippen molar-refractivity contribution in [3.8, 4) is 5.75 Å². The molecule has 0 N–H and O–H groups in total. The Morgan fingerprint density at radius 1 is 0.920 bits per heavy atom. The number of hydrogen-bond donors (Lipinski definition) is 0. The van der Waals surface area contributed by atoms with Gasteiger partial charge in [-0.2, -0.15) is 0 Å². The number of ether oxygens (including phenoxy) is 1. The van der Waals surface area contributed by atoms with Gasteiger partial charge in [-0.25, -0.2) is 0 Å². The first-order valence-electron chi connectivity index (χ1n) is 8.37. The van der Waals surface area contributed by atoms with E-state index in [0.717, 1.165) is 28.1 Å². The predicted octanol–water partition coefficient (Wildman–Crippen LogP) is 4.37. The van der Waals surface area contributed by atoms with Crippen molar-refractivity contribution in [3.05, 3.63) is 95.6 Å². The number of hydrogen-bond acceptors (Lipinski definition) is 2. The van der Waals surface area contributed by atoms with Gasteiger partial charge in [-0.1, -0.05) is 54.6 Å². The van der Waals surface area contributed by atoms with Crippen LogP contribution < -0.4 is 9.64 Å². The number of anilines is 1. The number of para-hydroxylation sites is 1. The summed E-state index contributed by atoms with van der Waals surface area (Å²) in [5.74, 6) is 0.916. The molecule has 0 radical (unpaired) electrons. The van der Waals surface area contributed by atoms with Gasteiger partial charge in [-0.05, 0) is 41.0 Å². The number of methoxy groups -OCH3 is 1. The molecule has 25 heavy (non-hydrogen) atoms. The molecule has 0 aliphatic carbocycles. The van der Waals surface area contributed by atoms with E-state index in [9.17, 15) is 4.79 Å². The molecule has 0 spiro atoms. The van der Waals surface area contributed by atoms with E-state index in [2.05, 4.69) is 18.2 Å². The van der Waals surface area contributed by atoms with Gasteiger partial charge >= 0.3 is 0 Å². The molecule has 1 unspecified atom stereocenters. The molecule has 124 valence electrons. The highest BCUT2D eigenvalue weighted by molar-refractivity contribution is 5.98. The third-order valence-electron chi connectivity index (χ3n) is 4.67. The molecular weight excluding hydrogens is 310 g/mol. The van der Waals surface area contributed by atoms with Gasteiger partial charge < -0.3 is 9.64 Å². The molecule has 3 heteroatoms. The van der Waals surface area contributed by atoms with E-state index in [1.165, 1.54) is 0 Å². The molecule has 0 bridgehead atoms. The highest BCUT2D eigenvalue weighted by Gasteiger charge is 2.34. The van der Waals surface area contributed by atoms with Crippen LogP contribution in [0.3, 0.4) is 0 Å². The average molecular weight is 329 g/mol. The van der Waals surface area contributed by atoms with E-state index in [-0.39, 0.29) is 11.9 Å². The first-order valence-corrected chi connectivity index (χ1v) is 8.37. The van der Waals surface area contributed by atoms with Gasteiger partial charge in [-0.15, -0.1) is 0 Å². The minimum absolute atomic E-state index is 0.109. The van der Waals surface area contributed by atoms with Gasteiger partial charge in [0.1, 0.15) is 5.75 Å². The molecule has 1 aliphatic heterocycles. The summed E-state index contributed by atoms with van der Waals surface area (Å²) in [6, 6.07) is 25.8. The maximum Gasteiger partial charge on any atom is 0.232 e. The van der Waals surface area contributed by atoms with Crippen LogP contribution in [0.2, 0.25) is 0 Å². The van der Waals surface area contributed by atoms with E-state index in [4.69, 9.17) is 4.74 Å². The van der Waals surface area contributed by atoms with Crippen molar-refractivity contribution >= 4 is 11.6 Å². The third kappa shape index (κ3) is 2.78. The second-order valence-corrected chi connectivity index (χ2v) is 6.15. The number of fused-ring (bicyclic) bond motifs is 1. The lowest BCUT2D eigenvalue weighted by Gasteiger charge is -2.37. The van der Waals surface area contributed by atoms with E-state index in [1.54, 1.807) is 7.11 Å². The van der Waals surface area contributed by atoms with Crippen LogP contribution >= 0.6 is 0 Å². The highest BCUT2D eigenvalue weighted by Crippen LogP contribution is 2.40. The molecular formula is C22H19NO2. The van der Waals surface area contributed by atoms with Crippen LogP contribution in [0.4, 0.5) is 5.69 Å². The van der Waals surface area contributed by atoms with Gasteiger partial charge in [0, 0.05) is 5.69 Å². The topological polar surface area (TPSA) is 29.5 Å². The molecule has 1 heterocycles. The monoisotopic (exact) mass is 329 g/mol. The standard InChI is InChI=1S/C22H19NO2/c1-25-19-13-12-17-14-21(24)23(18-10-6-3-7-11-18)22(20(17)15-19)16-8-4-2-5-9-16/h2-13,15,22H,14H2,1H3. The van der Waals surface area contributed by atoms with E-state index in [0.29, 0.717) is 6.42 Å². The lowest BCUT2D eigenvalue weighted by Crippen LogP contribution is -2.41. The second kappa shape index (κ2) is 6.44. The van der Waals surface area contributed by atoms with Crippen LogP contribution in [0.15, 0.2) is 78.9 Å². The first kappa shape index (κ1) is 15.5. The number of carbonyl (C=O) groups is 1. The third-order valence-corrected chi connectivity index (χ3v) is 4.67. The largest absolute Gasteiger partial charge is 0.497 e. The molecule has 3 aromatic carbocycles. The van der Waals surface area contributed by atoms with Crippen LogP contribution in [-0.4, -0.2) is 13.0 Å². The van der Waals surface area contributed by atoms with Crippen molar-refractivity contribution in [1.29, 1.82) is 0 Å². The molecule has 3 nitrogen and oxygen atoms in total. The van der Waals surface area contributed by atoms with Gasteiger partial charge in [0.15, 0.2) is 0 Å². The van der Waals surface area contributed by atoms with Crippen LogP contribution in [0.5, 0.6) is 5.75 Å². The van der Waals surface area contributed by atoms with Gasteiger partial charge in [0.05, 0.1) is 19.6 Å². The number of benzene rings is 3. The van der Waals surface area contributed by atoms with Gasteiger partial charge in [-0.3, -0.25) is 4.79 Å². The molecule has 0 fully saturated rings. The zero-order chi connectivity index (χ0) is 17.2. The number of carbonyl (C=O) groups excluding carboxylic acids is 1. The number of nitrogens with zero attached hydrogens (tertiary/aromatic N) is 1. The van der Waals surface area contributed by atoms with Crippen molar-refractivity contribution < 1.29 is 9.53 Å². The molecule has 4 rings (SSSR count). The normalized spacial score (nSPS) is 16.4. The summed E-state index contributed by atoms with van der Waals surface area (Å²) in [6.07, 6.45) is 0.400. The Labute approximate surface area is 147 Å². The van der Waals surface area contributed by atoms with Crippen LogP contribution in [0.25, 0.3) is 0 Å². The molecule has 1 atom stereocenters. The van der Waals surface area contributed by atoms with Gasteiger partial charge in [0.25, 0.3) is 0 Å². The Morgan fingerprint density at radius 2 is 1.60 bits per heavy atom. The lowest BCUT2D eigenvalue weighted by molar-refractivity contribution is -0.118. The van der Waals surface area contributed by atoms with Crippen molar-refractivity contribution in [2.75, 3.05) is 12.0 Å². The maximum atomic E-state index is 13.0. The summed E-state index contributed by atoms with van der Waals surface area (Å²) in [5.41, 5.74) is 4.18. The summed E-state index contributed by atoms with van der Waals surface area (Å²) >= 11 is 0. The Morgan fingerprint density at radius 3 is 2.28 bits per heavy atom. The van der Waals surface area contributed by atoms with E-state index in [1.807, 2.05) is 65.6 Å². The van der Waals surface area contributed by atoms with E-state index >= 15 is 0 Å². The molecule has 0 aromatic heterocycles. The van der Waals surface area contributed by atoms with Crippen LogP contribution in [0.1, 0.15) is 22.7 Å². The van der Waals surface area contributed by atoms with Gasteiger partial charge in [0.2, 0.25) is 5.91 Å². The van der Waals surface area contributed by atoms with Crippen LogP contribution in [0, 0.1) is 0 Å². The van der Waals surface area contributed by atoms with Crippen molar-refractivity contribution in [3.63, 3.8) is 0 Å². The minimum atomic E-state index is -0.157. The zero-order valence-corrected chi connectivity index (χ0v) is 14.1. The van der Waals surface area contributed by atoms with Crippen molar-refractivity contribution in [2.45, 2.75) is 12.5 Å². The maximum absolute atomic E-state index is 13.0. The molecule has 1 aliphatic rings. The summed E-state index contributed by atoms with van der Waals surface area (Å²) in [4.78, 5) is 14.9. The molecule has 3 aromatic rings. The van der Waals surface area contributed by atoms with Crippen molar-refractivity contribution in [2.24, 2.45) is 0 Å². The Bertz CT molecular complexity index is 890. The highest BCUT2D eigenvalue weighted by atomic mass is 16.5. The zero-order valence-electron chi connectivity index (χ0n) is 14.1. The molecule has 1 amide bonds. The fraction of sp³-hybridized carbons (Fsp3) is 0.136. The summed E-state index contributed by atoms with van der Waals surface area (Å²) in [5, 5.41) is 0. The molecule has 0 saturated heterocycles. The first-order chi connectivity index (χ1) is 12.3. The Balaban J connectivity index is 1.93. The predicted molar refractivity (Wildman–Crippen MR) is 98.9 cm³/mol. The smallest absolute Gasteiger partial charge is 0.232 e. The number of amides is 1. The SMILES string of the molecule is COc1ccc2c(c1)C(c1ccccc1)N(c1ccccc1)C(=O)C2. The molecule has 0 saturated carbocycles. The summed E-state index contributed by atoms with van der Waals surface area (Å²) in [7, 11) is 1.67. The fourth-order valence-electron chi connectivity index (χ4n) is 3.49. The summed E-state index contributed by atoms with van der Waals surface area (Å²) < 4.78 is 5.43. The number of rotatable bonds is 3. The van der Waals surface area contributed by atoms with E-state index < -0.39 is 0 Å². The van der Waals surface area contributed by atoms with Crippen molar-refractivity contribution in [1.82, 2.24) is 0 Å². The van der Waals surface area contributed by atoms with Crippen LogP contribution in [-0.2, 0) is 11.2 Å². The Hall–Kier alpha value is -3.07. The lowest BCUT2D eigenvalue weighted by atomic mass is 9.87. The second-order valence-electron chi connectivity index (χ2n) is 6.15. The Kier molecular flexibility index (Phi) is 3.98. The summed E-state index contributed by atoms with van der Waals surface area (Å²) in [6.45, 7) is 0. The average Bonchev–Trinajstić information content (AvgIpc) is 2.68.